The van der Waals surface area contributed by atoms with Crippen LogP contribution in [0.5, 0.6) is 11.5 Å². The van der Waals surface area contributed by atoms with Crippen molar-refractivity contribution in [2.75, 3.05) is 40.4 Å². The molecule has 0 radical (unpaired) electrons. The molecule has 1 heterocycles. The Labute approximate surface area is 198 Å². The number of hydrogen-bond donors (Lipinski definition) is 1. The molecule has 0 amide bonds. The molecule has 0 fully saturated rings. The lowest BCUT2D eigenvalue weighted by Gasteiger charge is -2.37. The van der Waals surface area contributed by atoms with E-state index in [0.29, 0.717) is 18.0 Å². The number of nitrogens with zero attached hydrogens (tertiary/aromatic N) is 2. The molecule has 0 saturated heterocycles. The number of methoxy groups -OCH3 is 1. The number of fused-ring (bicyclic) bond motifs is 1. The Morgan fingerprint density at radius 1 is 1.27 bits per heavy atom. The molecule has 3 atom stereocenters. The first kappa shape index (κ1) is 25.5. The lowest BCUT2D eigenvalue weighted by molar-refractivity contribution is 0.0753. The molecule has 1 N–H and O–H groups in total. The van der Waals surface area contributed by atoms with Gasteiger partial charge in [-0.05, 0) is 50.7 Å². The SMILES string of the molecule is CCCN(C)C[C@H]1Oc2cc(-c3ccccc3OC)ccc2S(=O)(=O)N([C@@H](C)CO)C[C@H]1C. The van der Waals surface area contributed by atoms with Gasteiger partial charge in [0.1, 0.15) is 22.5 Å². The lowest BCUT2D eigenvalue weighted by atomic mass is 10.0. The highest BCUT2D eigenvalue weighted by atomic mass is 32.2. The number of sulfonamides is 1. The summed E-state index contributed by atoms with van der Waals surface area (Å²) in [7, 11) is -0.195. The van der Waals surface area contributed by atoms with Crippen LogP contribution in [0.2, 0.25) is 0 Å². The zero-order valence-corrected chi connectivity index (χ0v) is 21.0. The van der Waals surface area contributed by atoms with Gasteiger partial charge in [0.05, 0.1) is 13.7 Å². The van der Waals surface area contributed by atoms with Gasteiger partial charge in [-0.3, -0.25) is 0 Å². The van der Waals surface area contributed by atoms with E-state index >= 15 is 0 Å². The van der Waals surface area contributed by atoms with E-state index in [1.54, 1.807) is 32.2 Å². The van der Waals surface area contributed by atoms with Gasteiger partial charge in [0.2, 0.25) is 10.0 Å². The van der Waals surface area contributed by atoms with Gasteiger partial charge < -0.3 is 19.5 Å². The van der Waals surface area contributed by atoms with E-state index in [1.165, 1.54) is 4.31 Å². The van der Waals surface area contributed by atoms with Crippen molar-refractivity contribution in [1.82, 2.24) is 9.21 Å². The molecule has 0 aliphatic carbocycles. The maximum atomic E-state index is 13.6. The van der Waals surface area contributed by atoms with Crippen LogP contribution in [0.1, 0.15) is 27.2 Å². The summed E-state index contributed by atoms with van der Waals surface area (Å²) in [4.78, 5) is 2.33. The number of aliphatic hydroxyl groups excluding tert-OH is 1. The molecule has 8 heteroatoms. The summed E-state index contributed by atoms with van der Waals surface area (Å²) in [6, 6.07) is 12.3. The number of hydrogen-bond acceptors (Lipinski definition) is 6. The maximum absolute atomic E-state index is 13.6. The summed E-state index contributed by atoms with van der Waals surface area (Å²) >= 11 is 0. The fraction of sp³-hybridized carbons (Fsp3) is 0.520. The normalized spacial score (nSPS) is 21.5. The smallest absolute Gasteiger partial charge is 0.247 e. The summed E-state index contributed by atoms with van der Waals surface area (Å²) in [5.41, 5.74) is 1.68. The molecule has 0 saturated carbocycles. The fourth-order valence-electron chi connectivity index (χ4n) is 4.27. The number of ether oxygens (including phenoxy) is 2. The largest absolute Gasteiger partial charge is 0.496 e. The van der Waals surface area contributed by atoms with Crippen LogP contribution in [0.25, 0.3) is 11.1 Å². The zero-order valence-electron chi connectivity index (χ0n) is 20.2. The van der Waals surface area contributed by atoms with Gasteiger partial charge in [-0.15, -0.1) is 0 Å². The third-order valence-electron chi connectivity index (χ3n) is 6.18. The van der Waals surface area contributed by atoms with E-state index in [4.69, 9.17) is 9.47 Å². The Kier molecular flexibility index (Phi) is 8.39. The maximum Gasteiger partial charge on any atom is 0.247 e. The summed E-state index contributed by atoms with van der Waals surface area (Å²) in [6.07, 6.45) is 0.811. The molecule has 0 bridgehead atoms. The first-order valence-corrected chi connectivity index (χ1v) is 12.9. The number of benzene rings is 2. The Balaban J connectivity index is 2.14. The minimum Gasteiger partial charge on any atom is -0.496 e. The zero-order chi connectivity index (χ0) is 24.2. The van der Waals surface area contributed by atoms with Gasteiger partial charge in [0.15, 0.2) is 0 Å². The molecule has 0 aromatic heterocycles. The van der Waals surface area contributed by atoms with Crippen LogP contribution in [0, 0.1) is 5.92 Å². The third kappa shape index (κ3) is 5.51. The quantitative estimate of drug-likeness (QED) is 0.629. The summed E-state index contributed by atoms with van der Waals surface area (Å²) in [5, 5.41) is 9.79. The van der Waals surface area contributed by atoms with Crippen LogP contribution in [-0.4, -0.2) is 75.3 Å². The van der Waals surface area contributed by atoms with Crippen LogP contribution in [0.4, 0.5) is 0 Å². The monoisotopic (exact) mass is 476 g/mol. The first-order chi connectivity index (χ1) is 15.7. The molecule has 1 aliphatic heterocycles. The molecule has 3 rings (SSSR count). The van der Waals surface area contributed by atoms with Gasteiger partial charge in [-0.25, -0.2) is 8.42 Å². The van der Waals surface area contributed by atoms with Gasteiger partial charge in [0.25, 0.3) is 0 Å². The van der Waals surface area contributed by atoms with Gasteiger partial charge in [-0.2, -0.15) is 4.31 Å². The van der Waals surface area contributed by atoms with E-state index in [-0.39, 0.29) is 30.1 Å². The molecule has 0 spiro atoms. The molecule has 7 nitrogen and oxygen atoms in total. The Bertz CT molecular complexity index is 1040. The second-order valence-electron chi connectivity index (χ2n) is 8.86. The van der Waals surface area contributed by atoms with Gasteiger partial charge >= 0.3 is 0 Å². The van der Waals surface area contributed by atoms with Crippen molar-refractivity contribution in [3.05, 3.63) is 42.5 Å². The van der Waals surface area contributed by atoms with Crippen molar-refractivity contribution in [1.29, 1.82) is 0 Å². The standard InChI is InChI=1S/C25H36N2O5S/c1-6-13-26(4)16-24-18(2)15-27(19(3)17-28)33(29,30)25-12-11-20(14-23(25)32-24)21-9-7-8-10-22(21)31-5/h7-12,14,18-19,24,28H,6,13,15-17H2,1-5H3/t18-,19+,24-/m1/s1. The van der Waals surface area contributed by atoms with Crippen molar-refractivity contribution in [3.63, 3.8) is 0 Å². The molecular weight excluding hydrogens is 440 g/mol. The van der Waals surface area contributed by atoms with Gasteiger partial charge in [0, 0.05) is 30.6 Å². The van der Waals surface area contributed by atoms with Crippen LogP contribution >= 0.6 is 0 Å². The molecule has 182 valence electrons. The van der Waals surface area contributed by atoms with E-state index in [0.717, 1.165) is 24.1 Å². The second-order valence-corrected chi connectivity index (χ2v) is 10.7. The van der Waals surface area contributed by atoms with Gasteiger partial charge in [-0.1, -0.05) is 38.1 Å². The Morgan fingerprint density at radius 2 is 2.00 bits per heavy atom. The summed E-state index contributed by atoms with van der Waals surface area (Å²) < 4.78 is 40.6. The van der Waals surface area contributed by atoms with E-state index in [1.807, 2.05) is 31.2 Å². The summed E-state index contributed by atoms with van der Waals surface area (Å²) in [5.74, 6) is 0.959. The summed E-state index contributed by atoms with van der Waals surface area (Å²) in [6.45, 7) is 7.50. The van der Waals surface area contributed by atoms with Crippen LogP contribution in [0.3, 0.4) is 0 Å². The van der Waals surface area contributed by atoms with E-state index in [9.17, 15) is 13.5 Å². The molecule has 1 aliphatic rings. The highest BCUT2D eigenvalue weighted by Gasteiger charge is 2.38. The van der Waals surface area contributed by atoms with Crippen LogP contribution < -0.4 is 9.47 Å². The number of rotatable bonds is 8. The molecular formula is C25H36N2O5S. The minimum atomic E-state index is -3.86. The second kappa shape index (κ2) is 10.9. The Hall–Kier alpha value is -2.13. The lowest BCUT2D eigenvalue weighted by Crippen LogP contribution is -2.49. The minimum absolute atomic E-state index is 0.0730. The number of likely N-dealkylation sites (N-methyl/N-ethyl adjacent to an activating group) is 1. The highest BCUT2D eigenvalue weighted by Crippen LogP contribution is 2.38. The van der Waals surface area contributed by atoms with E-state index in [2.05, 4.69) is 18.9 Å². The van der Waals surface area contributed by atoms with Crippen molar-refractivity contribution in [2.24, 2.45) is 5.92 Å². The number of aliphatic hydroxyl groups is 1. The first-order valence-electron chi connectivity index (χ1n) is 11.5. The molecule has 2 aromatic rings. The Morgan fingerprint density at radius 3 is 2.67 bits per heavy atom. The van der Waals surface area contributed by atoms with Crippen molar-refractivity contribution in [2.45, 2.75) is 44.2 Å². The topological polar surface area (TPSA) is 79.3 Å². The van der Waals surface area contributed by atoms with Crippen LogP contribution in [-0.2, 0) is 10.0 Å². The third-order valence-corrected chi connectivity index (χ3v) is 8.20. The van der Waals surface area contributed by atoms with Crippen molar-refractivity contribution < 1.29 is 23.0 Å². The predicted molar refractivity (Wildman–Crippen MR) is 130 cm³/mol. The van der Waals surface area contributed by atoms with Crippen molar-refractivity contribution in [3.8, 4) is 22.6 Å². The average molecular weight is 477 g/mol. The van der Waals surface area contributed by atoms with Crippen LogP contribution in [0.15, 0.2) is 47.4 Å². The fourth-order valence-corrected chi connectivity index (χ4v) is 6.10. The molecule has 2 aromatic carbocycles. The average Bonchev–Trinajstić information content (AvgIpc) is 2.80. The van der Waals surface area contributed by atoms with E-state index < -0.39 is 16.1 Å². The number of para-hydroxylation sites is 1. The predicted octanol–water partition coefficient (Wildman–Crippen LogP) is 3.47. The molecule has 0 unspecified atom stereocenters. The highest BCUT2D eigenvalue weighted by molar-refractivity contribution is 7.89. The van der Waals surface area contributed by atoms with Crippen molar-refractivity contribution >= 4 is 10.0 Å². The molecule has 33 heavy (non-hydrogen) atoms.